The molecule has 0 aliphatic heterocycles. The van der Waals surface area contributed by atoms with Crippen molar-refractivity contribution in [2.75, 3.05) is 0 Å². The van der Waals surface area contributed by atoms with Gasteiger partial charge in [0.05, 0.1) is 22.3 Å². The first kappa shape index (κ1) is 20.2. The van der Waals surface area contributed by atoms with Gasteiger partial charge in [0.25, 0.3) is 5.56 Å². The summed E-state index contributed by atoms with van der Waals surface area (Å²) >= 11 is 11.9. The molecule has 154 valence electrons. The molecule has 0 unspecified atom stereocenters. The van der Waals surface area contributed by atoms with Crippen molar-refractivity contribution in [3.63, 3.8) is 0 Å². The summed E-state index contributed by atoms with van der Waals surface area (Å²) < 4.78 is 43.3. The fourth-order valence-electron chi connectivity index (χ4n) is 2.75. The van der Waals surface area contributed by atoms with Gasteiger partial charge in [-0.3, -0.25) is 9.36 Å². The molecule has 0 fully saturated rings. The fourth-order valence-corrected chi connectivity index (χ4v) is 3.07. The van der Waals surface area contributed by atoms with Gasteiger partial charge in [-0.25, -0.2) is 4.98 Å². The molecule has 4 rings (SSSR count). The Morgan fingerprint density at radius 3 is 2.43 bits per heavy atom. The molecule has 2 aromatic heterocycles. The number of hydrogen-bond donors (Lipinski definition) is 0. The summed E-state index contributed by atoms with van der Waals surface area (Å²) in [6.45, 7) is 0.189. The van der Waals surface area contributed by atoms with Crippen LogP contribution in [0.4, 0.5) is 13.2 Å². The lowest BCUT2D eigenvalue weighted by Crippen LogP contribution is -2.21. The van der Waals surface area contributed by atoms with E-state index in [1.54, 1.807) is 18.2 Å². The Bertz CT molecular complexity index is 1290. The lowest BCUT2D eigenvalue weighted by atomic mass is 10.2. The van der Waals surface area contributed by atoms with Gasteiger partial charge in [-0.05, 0) is 42.0 Å². The molecule has 0 radical (unpaired) electrons. The lowest BCUT2D eigenvalue weighted by molar-refractivity contribution is -0.274. The zero-order valence-corrected chi connectivity index (χ0v) is 16.3. The third-order valence-corrected chi connectivity index (χ3v) is 4.82. The summed E-state index contributed by atoms with van der Waals surface area (Å²) in [4.78, 5) is 17.0. The number of rotatable bonds is 4. The Morgan fingerprint density at radius 1 is 1.03 bits per heavy atom. The van der Waals surface area contributed by atoms with Gasteiger partial charge in [-0.1, -0.05) is 34.5 Å². The van der Waals surface area contributed by atoms with Crippen molar-refractivity contribution >= 4 is 34.4 Å². The van der Waals surface area contributed by atoms with Crippen molar-refractivity contribution in [2.45, 2.75) is 12.9 Å². The molecule has 0 aliphatic rings. The monoisotopic (exact) mass is 455 g/mol. The van der Waals surface area contributed by atoms with Crippen LogP contribution in [0, 0.1) is 0 Å². The highest BCUT2D eigenvalue weighted by molar-refractivity contribution is 6.42. The minimum Gasteiger partial charge on any atom is -0.406 e. The quantitative estimate of drug-likeness (QED) is 0.460. The largest absolute Gasteiger partial charge is 0.573 e. The van der Waals surface area contributed by atoms with Crippen LogP contribution >= 0.6 is 23.2 Å². The second kappa shape index (κ2) is 7.62. The minimum atomic E-state index is -4.79. The van der Waals surface area contributed by atoms with Gasteiger partial charge < -0.3 is 4.74 Å². The highest BCUT2D eigenvalue weighted by atomic mass is 35.5. The Morgan fingerprint density at radius 2 is 1.77 bits per heavy atom. The van der Waals surface area contributed by atoms with E-state index < -0.39 is 11.9 Å². The zero-order chi connectivity index (χ0) is 21.5. The first-order valence-electron chi connectivity index (χ1n) is 8.32. The van der Waals surface area contributed by atoms with Crippen molar-refractivity contribution in [1.82, 2.24) is 24.5 Å². The third kappa shape index (κ3) is 4.10. The molecule has 0 spiro atoms. The van der Waals surface area contributed by atoms with Crippen LogP contribution in [0.3, 0.4) is 0 Å². The minimum absolute atomic E-state index is 0.00757. The predicted octanol–water partition coefficient (Wildman–Crippen LogP) is 4.23. The number of ether oxygens (including phenoxy) is 1. The van der Waals surface area contributed by atoms with Crippen LogP contribution < -0.4 is 10.3 Å². The SMILES string of the molecule is O=c1c2nnn(-c3ccc(OC(F)(F)F)cc3)c2ncn1Cc1ccc(Cl)c(Cl)c1. The molecule has 0 amide bonds. The number of benzene rings is 2. The van der Waals surface area contributed by atoms with Crippen LogP contribution in [0.5, 0.6) is 5.75 Å². The van der Waals surface area contributed by atoms with E-state index in [0.717, 1.165) is 17.7 Å². The summed E-state index contributed by atoms with van der Waals surface area (Å²) in [6.07, 6.45) is -3.46. The Kier molecular flexibility index (Phi) is 5.12. The van der Waals surface area contributed by atoms with E-state index >= 15 is 0 Å². The van der Waals surface area contributed by atoms with E-state index in [1.165, 1.54) is 27.7 Å². The maximum Gasteiger partial charge on any atom is 0.573 e. The smallest absolute Gasteiger partial charge is 0.406 e. The molecule has 2 aromatic carbocycles. The summed E-state index contributed by atoms with van der Waals surface area (Å²) in [6, 6.07) is 9.94. The zero-order valence-electron chi connectivity index (χ0n) is 14.8. The van der Waals surface area contributed by atoms with Crippen molar-refractivity contribution in [1.29, 1.82) is 0 Å². The molecule has 0 saturated heterocycles. The van der Waals surface area contributed by atoms with Gasteiger partial charge in [0.1, 0.15) is 12.1 Å². The second-order valence-electron chi connectivity index (χ2n) is 6.14. The molecule has 0 aliphatic carbocycles. The van der Waals surface area contributed by atoms with Crippen LogP contribution in [0.25, 0.3) is 16.9 Å². The maximum absolute atomic E-state index is 12.7. The van der Waals surface area contributed by atoms with E-state index in [4.69, 9.17) is 23.2 Å². The van der Waals surface area contributed by atoms with Gasteiger partial charge in [0, 0.05) is 0 Å². The normalized spacial score (nSPS) is 11.8. The number of fused-ring (bicyclic) bond motifs is 1. The molecule has 4 aromatic rings. The van der Waals surface area contributed by atoms with Crippen molar-refractivity contribution in [3.8, 4) is 11.4 Å². The van der Waals surface area contributed by atoms with Gasteiger partial charge in [-0.15, -0.1) is 18.3 Å². The molecule has 0 saturated carbocycles. The molecular formula is C18H10Cl2F3N5O2. The van der Waals surface area contributed by atoms with E-state index in [1.807, 2.05) is 0 Å². The van der Waals surface area contributed by atoms with Crippen molar-refractivity contribution in [2.24, 2.45) is 0 Å². The average Bonchev–Trinajstić information content (AvgIpc) is 3.11. The predicted molar refractivity (Wildman–Crippen MR) is 103 cm³/mol. The van der Waals surface area contributed by atoms with Crippen molar-refractivity contribution in [3.05, 3.63) is 74.8 Å². The molecule has 0 bridgehead atoms. The topological polar surface area (TPSA) is 74.8 Å². The van der Waals surface area contributed by atoms with Gasteiger partial charge >= 0.3 is 6.36 Å². The number of alkyl halides is 3. The summed E-state index contributed by atoms with van der Waals surface area (Å²) in [5, 5.41) is 8.52. The fraction of sp³-hybridized carbons (Fsp3) is 0.111. The summed E-state index contributed by atoms with van der Waals surface area (Å²) in [5.41, 5.74) is 0.832. The molecule has 12 heteroatoms. The summed E-state index contributed by atoms with van der Waals surface area (Å²) in [5.74, 6) is -0.382. The number of halogens is 5. The molecule has 30 heavy (non-hydrogen) atoms. The second-order valence-corrected chi connectivity index (χ2v) is 6.96. The molecule has 7 nitrogen and oxygen atoms in total. The lowest BCUT2D eigenvalue weighted by Gasteiger charge is -2.09. The molecule has 0 atom stereocenters. The van der Waals surface area contributed by atoms with Crippen LogP contribution in [0.15, 0.2) is 53.6 Å². The van der Waals surface area contributed by atoms with E-state index in [9.17, 15) is 18.0 Å². The number of hydrogen-bond acceptors (Lipinski definition) is 5. The maximum atomic E-state index is 12.7. The van der Waals surface area contributed by atoms with Crippen LogP contribution in [-0.4, -0.2) is 30.9 Å². The Balaban J connectivity index is 1.65. The Labute approximate surface area is 176 Å². The average molecular weight is 456 g/mol. The third-order valence-electron chi connectivity index (χ3n) is 4.08. The molecular weight excluding hydrogens is 446 g/mol. The van der Waals surface area contributed by atoms with E-state index in [2.05, 4.69) is 20.0 Å². The van der Waals surface area contributed by atoms with Gasteiger partial charge in [-0.2, -0.15) is 4.68 Å². The van der Waals surface area contributed by atoms with Gasteiger partial charge in [0.15, 0.2) is 11.2 Å². The number of nitrogens with zero attached hydrogens (tertiary/aromatic N) is 5. The van der Waals surface area contributed by atoms with Crippen LogP contribution in [0.2, 0.25) is 10.0 Å². The van der Waals surface area contributed by atoms with Crippen LogP contribution in [-0.2, 0) is 6.54 Å². The van der Waals surface area contributed by atoms with Crippen molar-refractivity contribution < 1.29 is 17.9 Å². The standard InChI is InChI=1S/C18H10Cl2F3N5O2/c19-13-6-1-10(7-14(13)20)8-27-9-24-16-15(17(27)29)25-26-28(16)11-2-4-12(5-3-11)30-18(21,22)23/h1-7,9H,8H2. The first-order valence-corrected chi connectivity index (χ1v) is 9.08. The first-order chi connectivity index (χ1) is 14.2. The molecule has 2 heterocycles. The highest BCUT2D eigenvalue weighted by Gasteiger charge is 2.31. The molecule has 0 N–H and O–H groups in total. The van der Waals surface area contributed by atoms with E-state index in [0.29, 0.717) is 15.7 Å². The van der Waals surface area contributed by atoms with Gasteiger partial charge in [0.2, 0.25) is 0 Å². The Hall–Kier alpha value is -3.11. The summed E-state index contributed by atoms with van der Waals surface area (Å²) in [7, 11) is 0. The van der Waals surface area contributed by atoms with E-state index in [-0.39, 0.29) is 23.5 Å². The highest BCUT2D eigenvalue weighted by Crippen LogP contribution is 2.24. The van der Waals surface area contributed by atoms with Crippen LogP contribution in [0.1, 0.15) is 5.56 Å². The number of aromatic nitrogens is 5.